The summed E-state index contributed by atoms with van der Waals surface area (Å²) in [5.41, 5.74) is 0.344. The van der Waals surface area contributed by atoms with Gasteiger partial charge in [-0.25, -0.2) is 9.97 Å². The van der Waals surface area contributed by atoms with Gasteiger partial charge in [-0.05, 0) is 12.1 Å². The van der Waals surface area contributed by atoms with E-state index < -0.39 is 5.95 Å². The third kappa shape index (κ3) is 3.10. The second kappa shape index (κ2) is 5.20. The van der Waals surface area contributed by atoms with E-state index in [1.807, 2.05) is 10.8 Å². The van der Waals surface area contributed by atoms with Crippen LogP contribution in [0.1, 0.15) is 10.4 Å². The molecule has 0 aliphatic rings. The zero-order valence-electron chi connectivity index (χ0n) is 9.01. The molecule has 2 aromatic heterocycles. The van der Waals surface area contributed by atoms with Gasteiger partial charge in [-0.1, -0.05) is 0 Å². The number of pyridine rings is 1. The zero-order valence-corrected chi connectivity index (χ0v) is 9.01. The van der Waals surface area contributed by atoms with Gasteiger partial charge in [-0.2, -0.15) is 4.39 Å². The number of hydrogen-bond donors (Lipinski definition) is 1. The Balaban J connectivity index is 1.83. The van der Waals surface area contributed by atoms with E-state index in [1.54, 1.807) is 12.5 Å². The van der Waals surface area contributed by atoms with Crippen LogP contribution in [-0.2, 0) is 6.54 Å². The summed E-state index contributed by atoms with van der Waals surface area (Å²) in [4.78, 5) is 18.9. The molecule has 0 bridgehead atoms. The maximum atomic E-state index is 12.5. The second-order valence-electron chi connectivity index (χ2n) is 3.43. The summed E-state index contributed by atoms with van der Waals surface area (Å²) < 4.78 is 14.4. The van der Waals surface area contributed by atoms with Crippen molar-refractivity contribution in [1.29, 1.82) is 0 Å². The monoisotopic (exact) mass is 234 g/mol. The van der Waals surface area contributed by atoms with E-state index in [2.05, 4.69) is 15.3 Å². The molecular weight excluding hydrogens is 223 g/mol. The predicted molar refractivity (Wildman–Crippen MR) is 58.8 cm³/mol. The van der Waals surface area contributed by atoms with Gasteiger partial charge in [0.2, 0.25) is 5.95 Å². The largest absolute Gasteiger partial charge is 0.350 e. The fraction of sp³-hybridized carbons (Fsp3) is 0.182. The number of carbonyl (C=O) groups excluding carboxylic acids is 1. The zero-order chi connectivity index (χ0) is 12.1. The van der Waals surface area contributed by atoms with Crippen molar-refractivity contribution >= 4 is 5.91 Å². The Bertz CT molecular complexity index is 481. The van der Waals surface area contributed by atoms with E-state index in [4.69, 9.17) is 0 Å². The second-order valence-corrected chi connectivity index (χ2v) is 3.43. The summed E-state index contributed by atoms with van der Waals surface area (Å²) in [5, 5.41) is 2.71. The molecule has 0 aromatic carbocycles. The molecule has 0 atom stereocenters. The highest BCUT2D eigenvalue weighted by molar-refractivity contribution is 5.93. The Kier molecular flexibility index (Phi) is 3.44. The van der Waals surface area contributed by atoms with E-state index >= 15 is 0 Å². The van der Waals surface area contributed by atoms with Gasteiger partial charge in [0.05, 0.1) is 11.9 Å². The first-order valence-electron chi connectivity index (χ1n) is 5.11. The minimum Gasteiger partial charge on any atom is -0.350 e. The smallest absolute Gasteiger partial charge is 0.252 e. The van der Waals surface area contributed by atoms with E-state index in [0.29, 0.717) is 18.7 Å². The number of halogens is 1. The Morgan fingerprint density at radius 3 is 3.00 bits per heavy atom. The normalized spacial score (nSPS) is 10.2. The first kappa shape index (κ1) is 11.3. The highest BCUT2D eigenvalue weighted by atomic mass is 19.1. The van der Waals surface area contributed by atoms with E-state index in [-0.39, 0.29) is 5.91 Å². The van der Waals surface area contributed by atoms with E-state index in [9.17, 15) is 9.18 Å². The number of amides is 1. The number of imidazole rings is 1. The van der Waals surface area contributed by atoms with Crippen molar-refractivity contribution in [1.82, 2.24) is 19.9 Å². The predicted octanol–water partition coefficient (Wildman–Crippen LogP) is 0.847. The minimum absolute atomic E-state index is 0.266. The van der Waals surface area contributed by atoms with Gasteiger partial charge >= 0.3 is 0 Å². The quantitative estimate of drug-likeness (QED) is 0.798. The van der Waals surface area contributed by atoms with Crippen LogP contribution >= 0.6 is 0 Å². The molecule has 0 saturated heterocycles. The molecule has 2 rings (SSSR count). The maximum absolute atomic E-state index is 12.5. The first-order valence-corrected chi connectivity index (χ1v) is 5.11. The van der Waals surface area contributed by atoms with Crippen LogP contribution in [0.4, 0.5) is 4.39 Å². The van der Waals surface area contributed by atoms with Crippen molar-refractivity contribution in [2.24, 2.45) is 0 Å². The molecule has 5 nitrogen and oxygen atoms in total. The lowest BCUT2D eigenvalue weighted by atomic mass is 10.2. The molecule has 0 aliphatic carbocycles. The number of hydrogen-bond acceptors (Lipinski definition) is 3. The topological polar surface area (TPSA) is 59.8 Å². The summed E-state index contributed by atoms with van der Waals surface area (Å²) in [6.07, 6.45) is 6.37. The van der Waals surface area contributed by atoms with Crippen molar-refractivity contribution in [2.75, 3.05) is 6.54 Å². The minimum atomic E-state index is -0.597. The number of rotatable bonds is 4. The molecule has 0 spiro atoms. The Hall–Kier alpha value is -2.24. The lowest BCUT2D eigenvalue weighted by Crippen LogP contribution is -2.27. The molecule has 2 heterocycles. The van der Waals surface area contributed by atoms with Crippen molar-refractivity contribution in [3.63, 3.8) is 0 Å². The van der Waals surface area contributed by atoms with Crippen LogP contribution in [0, 0.1) is 5.95 Å². The van der Waals surface area contributed by atoms with Crippen molar-refractivity contribution in [2.45, 2.75) is 6.54 Å². The standard InChI is InChI=1S/C11H11FN4O/c12-10-2-1-9(7-15-10)11(17)14-4-6-16-5-3-13-8-16/h1-3,5,7-8H,4,6H2,(H,14,17). The van der Waals surface area contributed by atoms with Crippen LogP contribution in [0.2, 0.25) is 0 Å². The van der Waals surface area contributed by atoms with Crippen molar-refractivity contribution in [3.05, 3.63) is 48.6 Å². The van der Waals surface area contributed by atoms with Crippen molar-refractivity contribution < 1.29 is 9.18 Å². The highest BCUT2D eigenvalue weighted by Gasteiger charge is 2.05. The third-order valence-electron chi connectivity index (χ3n) is 2.20. The number of nitrogens with one attached hydrogen (secondary N) is 1. The highest BCUT2D eigenvalue weighted by Crippen LogP contribution is 1.98. The SMILES string of the molecule is O=C(NCCn1ccnc1)c1ccc(F)nc1. The Morgan fingerprint density at radius 1 is 1.47 bits per heavy atom. The molecule has 0 unspecified atom stereocenters. The first-order chi connectivity index (χ1) is 8.25. The van der Waals surface area contributed by atoms with Crippen molar-refractivity contribution in [3.8, 4) is 0 Å². The number of nitrogens with zero attached hydrogens (tertiary/aromatic N) is 3. The van der Waals surface area contributed by atoms with Crippen LogP contribution in [0.15, 0.2) is 37.1 Å². The molecule has 1 N–H and O–H groups in total. The lowest BCUT2D eigenvalue weighted by Gasteiger charge is -2.05. The average Bonchev–Trinajstić information content (AvgIpc) is 2.83. The molecule has 0 radical (unpaired) electrons. The van der Waals surface area contributed by atoms with Gasteiger partial charge in [0.1, 0.15) is 0 Å². The molecule has 0 aliphatic heterocycles. The third-order valence-corrected chi connectivity index (χ3v) is 2.20. The molecule has 1 amide bonds. The fourth-order valence-corrected chi connectivity index (χ4v) is 1.33. The van der Waals surface area contributed by atoms with Crippen LogP contribution in [-0.4, -0.2) is 27.0 Å². The van der Waals surface area contributed by atoms with Gasteiger partial charge in [-0.15, -0.1) is 0 Å². The van der Waals surface area contributed by atoms with Gasteiger partial charge in [-0.3, -0.25) is 4.79 Å². The summed E-state index contributed by atoms with van der Waals surface area (Å²) in [7, 11) is 0. The summed E-state index contributed by atoms with van der Waals surface area (Å²) in [5.74, 6) is -0.863. The van der Waals surface area contributed by atoms with Gasteiger partial charge < -0.3 is 9.88 Å². The number of aromatic nitrogens is 3. The summed E-state index contributed by atoms with van der Waals surface area (Å²) in [6, 6.07) is 2.56. The fourth-order valence-electron chi connectivity index (χ4n) is 1.33. The molecule has 0 fully saturated rings. The summed E-state index contributed by atoms with van der Waals surface area (Å²) in [6.45, 7) is 1.12. The molecular formula is C11H11FN4O. The van der Waals surface area contributed by atoms with Crippen LogP contribution in [0.3, 0.4) is 0 Å². The van der Waals surface area contributed by atoms with E-state index in [0.717, 1.165) is 6.07 Å². The van der Waals surface area contributed by atoms with Gasteiger partial charge in [0, 0.05) is 31.7 Å². The lowest BCUT2D eigenvalue weighted by molar-refractivity contribution is 0.0952. The number of carbonyl (C=O) groups is 1. The molecule has 88 valence electrons. The van der Waals surface area contributed by atoms with Crippen LogP contribution < -0.4 is 5.32 Å². The average molecular weight is 234 g/mol. The Labute approximate surface area is 97.3 Å². The molecule has 6 heteroatoms. The molecule has 0 saturated carbocycles. The van der Waals surface area contributed by atoms with Gasteiger partial charge in [0.25, 0.3) is 5.91 Å². The van der Waals surface area contributed by atoms with E-state index in [1.165, 1.54) is 12.3 Å². The maximum Gasteiger partial charge on any atom is 0.252 e. The molecule has 17 heavy (non-hydrogen) atoms. The van der Waals surface area contributed by atoms with Crippen LogP contribution in [0.25, 0.3) is 0 Å². The molecule has 2 aromatic rings. The summed E-state index contributed by atoms with van der Waals surface area (Å²) >= 11 is 0. The Morgan fingerprint density at radius 2 is 2.35 bits per heavy atom. The van der Waals surface area contributed by atoms with Crippen LogP contribution in [0.5, 0.6) is 0 Å². The van der Waals surface area contributed by atoms with Gasteiger partial charge in [0.15, 0.2) is 0 Å².